The smallest absolute Gasteiger partial charge is 0.128 e. The summed E-state index contributed by atoms with van der Waals surface area (Å²) in [6.45, 7) is 6.31. The van der Waals surface area contributed by atoms with Gasteiger partial charge in [-0.3, -0.25) is 0 Å². The highest BCUT2D eigenvalue weighted by Crippen LogP contribution is 2.16. The highest BCUT2D eigenvalue weighted by Gasteiger charge is 2.14. The molecule has 4 heteroatoms. The molecular weight excluding hydrogens is 222 g/mol. The Balaban J connectivity index is 2.77. The van der Waals surface area contributed by atoms with Crippen molar-refractivity contribution in [3.05, 3.63) is 23.4 Å². The molecule has 0 spiro atoms. The molecule has 1 atom stereocenters. The molecule has 1 rings (SSSR count). The molecule has 0 saturated carbocycles. The summed E-state index contributed by atoms with van der Waals surface area (Å²) >= 11 is 5.83. The van der Waals surface area contributed by atoms with Crippen molar-refractivity contribution in [2.75, 3.05) is 32.1 Å². The largest absolute Gasteiger partial charge is 0.353 e. The lowest BCUT2D eigenvalue weighted by Gasteiger charge is -2.31. The normalized spacial score (nSPS) is 12.9. The van der Waals surface area contributed by atoms with Crippen LogP contribution in [0.15, 0.2) is 18.3 Å². The van der Waals surface area contributed by atoms with Gasteiger partial charge in [0.05, 0.1) is 5.02 Å². The van der Waals surface area contributed by atoms with Crippen molar-refractivity contribution in [2.45, 2.75) is 19.9 Å². The predicted octanol–water partition coefficient (Wildman–Crippen LogP) is 2.51. The van der Waals surface area contributed by atoms with Crippen LogP contribution in [0, 0.1) is 0 Å². The minimum absolute atomic E-state index is 0.439. The molecule has 0 radical (unpaired) electrons. The van der Waals surface area contributed by atoms with Gasteiger partial charge in [0, 0.05) is 25.3 Å². The summed E-state index contributed by atoms with van der Waals surface area (Å²) in [5.74, 6) is 0.987. The topological polar surface area (TPSA) is 19.4 Å². The van der Waals surface area contributed by atoms with Gasteiger partial charge in [0.1, 0.15) is 5.82 Å². The van der Waals surface area contributed by atoms with Crippen molar-refractivity contribution in [1.82, 2.24) is 9.88 Å². The van der Waals surface area contributed by atoms with Crippen LogP contribution in [-0.2, 0) is 0 Å². The van der Waals surface area contributed by atoms with Gasteiger partial charge in [-0.15, -0.1) is 0 Å². The van der Waals surface area contributed by atoms with E-state index in [0.29, 0.717) is 11.1 Å². The molecule has 0 amide bonds. The third-order valence-corrected chi connectivity index (χ3v) is 2.73. The van der Waals surface area contributed by atoms with Gasteiger partial charge in [-0.05, 0) is 40.1 Å². The lowest BCUT2D eigenvalue weighted by Crippen LogP contribution is -2.40. The van der Waals surface area contributed by atoms with E-state index in [-0.39, 0.29) is 0 Å². The number of aromatic nitrogens is 1. The van der Waals surface area contributed by atoms with Crippen LogP contribution in [0.5, 0.6) is 0 Å². The number of pyridine rings is 1. The molecule has 0 fully saturated rings. The first kappa shape index (κ1) is 13.3. The van der Waals surface area contributed by atoms with Gasteiger partial charge < -0.3 is 9.80 Å². The number of rotatable bonds is 5. The van der Waals surface area contributed by atoms with Gasteiger partial charge in [0.15, 0.2) is 0 Å². The zero-order valence-electron chi connectivity index (χ0n) is 10.4. The number of nitrogens with zero attached hydrogens (tertiary/aromatic N) is 3. The molecule has 1 aromatic rings. The van der Waals surface area contributed by atoms with Crippen LogP contribution in [0.3, 0.4) is 0 Å². The molecule has 0 aliphatic heterocycles. The Hall–Kier alpha value is -0.800. The zero-order chi connectivity index (χ0) is 12.1. The molecule has 0 bridgehead atoms. The Morgan fingerprint density at radius 1 is 1.38 bits per heavy atom. The summed E-state index contributed by atoms with van der Waals surface area (Å²) in [7, 11) is 4.17. The molecule has 1 heterocycles. The molecule has 3 nitrogen and oxygen atoms in total. The van der Waals surface area contributed by atoms with Crippen molar-refractivity contribution in [3.8, 4) is 0 Å². The summed E-state index contributed by atoms with van der Waals surface area (Å²) in [6.07, 6.45) is 1.70. The third kappa shape index (κ3) is 3.65. The van der Waals surface area contributed by atoms with Gasteiger partial charge in [0.25, 0.3) is 0 Å². The average Bonchev–Trinajstić information content (AvgIpc) is 2.21. The van der Waals surface area contributed by atoms with E-state index in [1.807, 2.05) is 12.1 Å². The standard InChI is InChI=1S/C12H20ClN3/c1-5-16(10(2)9-15(3)4)12-7-6-11(13)8-14-12/h6-8,10H,5,9H2,1-4H3. The molecule has 1 unspecified atom stereocenters. The number of hydrogen-bond acceptors (Lipinski definition) is 3. The van der Waals surface area contributed by atoms with E-state index in [0.717, 1.165) is 18.9 Å². The van der Waals surface area contributed by atoms with Crippen molar-refractivity contribution < 1.29 is 0 Å². The second-order valence-electron chi connectivity index (χ2n) is 4.23. The first-order valence-corrected chi connectivity index (χ1v) is 5.95. The Morgan fingerprint density at radius 2 is 2.06 bits per heavy atom. The van der Waals surface area contributed by atoms with Gasteiger partial charge in [-0.25, -0.2) is 4.98 Å². The van der Waals surface area contributed by atoms with Gasteiger partial charge in [-0.2, -0.15) is 0 Å². The summed E-state index contributed by atoms with van der Waals surface area (Å²) in [4.78, 5) is 8.81. The van der Waals surface area contributed by atoms with Crippen molar-refractivity contribution in [1.29, 1.82) is 0 Å². The Kier molecular flexibility index (Phi) is 5.03. The van der Waals surface area contributed by atoms with Crippen molar-refractivity contribution in [2.24, 2.45) is 0 Å². The minimum Gasteiger partial charge on any atom is -0.353 e. The van der Waals surface area contributed by atoms with E-state index in [1.165, 1.54) is 0 Å². The first-order chi connectivity index (χ1) is 7.54. The van der Waals surface area contributed by atoms with Crippen LogP contribution in [0.2, 0.25) is 5.02 Å². The van der Waals surface area contributed by atoms with E-state index in [1.54, 1.807) is 6.20 Å². The van der Waals surface area contributed by atoms with Crippen LogP contribution in [0.1, 0.15) is 13.8 Å². The monoisotopic (exact) mass is 241 g/mol. The number of hydrogen-bond donors (Lipinski definition) is 0. The Morgan fingerprint density at radius 3 is 2.50 bits per heavy atom. The highest BCUT2D eigenvalue weighted by atomic mass is 35.5. The van der Waals surface area contributed by atoms with Crippen molar-refractivity contribution in [3.63, 3.8) is 0 Å². The lowest BCUT2D eigenvalue weighted by molar-refractivity contribution is 0.372. The van der Waals surface area contributed by atoms with E-state index in [2.05, 4.69) is 42.7 Å². The summed E-state index contributed by atoms with van der Waals surface area (Å²) in [6, 6.07) is 4.29. The summed E-state index contributed by atoms with van der Waals surface area (Å²) < 4.78 is 0. The molecule has 16 heavy (non-hydrogen) atoms. The van der Waals surface area contributed by atoms with Gasteiger partial charge in [-0.1, -0.05) is 11.6 Å². The quantitative estimate of drug-likeness (QED) is 0.790. The zero-order valence-corrected chi connectivity index (χ0v) is 11.2. The molecule has 0 aromatic carbocycles. The SMILES string of the molecule is CCN(c1ccc(Cl)cn1)C(C)CN(C)C. The Bertz CT molecular complexity index is 311. The third-order valence-electron chi connectivity index (χ3n) is 2.51. The molecule has 90 valence electrons. The summed E-state index contributed by atoms with van der Waals surface area (Å²) in [5, 5.41) is 0.681. The van der Waals surface area contributed by atoms with Gasteiger partial charge in [0.2, 0.25) is 0 Å². The summed E-state index contributed by atoms with van der Waals surface area (Å²) in [5.41, 5.74) is 0. The second-order valence-corrected chi connectivity index (χ2v) is 4.67. The van der Waals surface area contributed by atoms with E-state index in [9.17, 15) is 0 Å². The van der Waals surface area contributed by atoms with E-state index in [4.69, 9.17) is 11.6 Å². The fourth-order valence-corrected chi connectivity index (χ4v) is 1.98. The molecule has 0 N–H and O–H groups in total. The number of anilines is 1. The first-order valence-electron chi connectivity index (χ1n) is 5.57. The fourth-order valence-electron chi connectivity index (χ4n) is 1.86. The fraction of sp³-hybridized carbons (Fsp3) is 0.583. The second kappa shape index (κ2) is 6.06. The van der Waals surface area contributed by atoms with E-state index >= 15 is 0 Å². The molecule has 1 aromatic heterocycles. The highest BCUT2D eigenvalue weighted by molar-refractivity contribution is 6.30. The molecular formula is C12H20ClN3. The maximum Gasteiger partial charge on any atom is 0.128 e. The maximum atomic E-state index is 5.83. The lowest BCUT2D eigenvalue weighted by atomic mass is 10.2. The van der Waals surface area contributed by atoms with Crippen molar-refractivity contribution >= 4 is 17.4 Å². The van der Waals surface area contributed by atoms with Crippen LogP contribution < -0.4 is 4.90 Å². The minimum atomic E-state index is 0.439. The predicted molar refractivity (Wildman–Crippen MR) is 70.3 cm³/mol. The maximum absolute atomic E-state index is 5.83. The van der Waals surface area contributed by atoms with E-state index < -0.39 is 0 Å². The Labute approximate surface area is 103 Å². The van der Waals surface area contributed by atoms with Gasteiger partial charge >= 0.3 is 0 Å². The number of halogens is 1. The molecule has 0 aliphatic carbocycles. The van der Waals surface area contributed by atoms with Crippen LogP contribution in [-0.4, -0.2) is 43.1 Å². The average molecular weight is 242 g/mol. The van der Waals surface area contributed by atoms with Crippen LogP contribution >= 0.6 is 11.6 Å². The van der Waals surface area contributed by atoms with Crippen LogP contribution in [0.25, 0.3) is 0 Å². The van der Waals surface area contributed by atoms with Crippen LogP contribution in [0.4, 0.5) is 5.82 Å². The number of likely N-dealkylation sites (N-methyl/N-ethyl adjacent to an activating group) is 2. The molecule has 0 aliphatic rings. The molecule has 0 saturated heterocycles.